The maximum absolute atomic E-state index is 12.8. The Labute approximate surface area is 127 Å². The van der Waals surface area contributed by atoms with E-state index < -0.39 is 10.0 Å². The van der Waals surface area contributed by atoms with Crippen molar-refractivity contribution in [3.05, 3.63) is 29.3 Å². The fraction of sp³-hybridized carbons (Fsp3) is 0.562. The normalized spacial score (nSPS) is 23.0. The van der Waals surface area contributed by atoms with Crippen molar-refractivity contribution in [3.63, 3.8) is 0 Å². The van der Waals surface area contributed by atoms with Gasteiger partial charge in [0.1, 0.15) is 0 Å². The summed E-state index contributed by atoms with van der Waals surface area (Å²) in [7, 11) is -1.88. The molecule has 114 valence electrons. The highest BCUT2D eigenvalue weighted by Gasteiger charge is 2.31. The minimum Gasteiger partial charge on any atom is -0.207 e. The lowest BCUT2D eigenvalue weighted by Gasteiger charge is -2.33. The predicted octanol–water partition coefficient (Wildman–Crippen LogP) is 3.07. The monoisotopic (exact) mass is 306 g/mol. The quantitative estimate of drug-likeness (QED) is 0.862. The number of hydrogen-bond acceptors (Lipinski definition) is 3. The Morgan fingerprint density at radius 3 is 2.43 bits per heavy atom. The van der Waals surface area contributed by atoms with E-state index in [0.717, 1.165) is 25.7 Å². The van der Waals surface area contributed by atoms with E-state index in [2.05, 4.69) is 6.92 Å². The molecule has 0 heterocycles. The highest BCUT2D eigenvalue weighted by Crippen LogP contribution is 2.30. The molecule has 0 aliphatic heterocycles. The first kappa shape index (κ1) is 16.0. The van der Waals surface area contributed by atoms with Crippen molar-refractivity contribution < 1.29 is 8.42 Å². The smallest absolute Gasteiger partial charge is 0.207 e. The number of rotatable bonds is 3. The van der Waals surface area contributed by atoms with Gasteiger partial charge in [-0.15, -0.1) is 0 Å². The Morgan fingerprint density at radius 1 is 1.24 bits per heavy atom. The highest BCUT2D eigenvalue weighted by molar-refractivity contribution is 7.89. The zero-order chi connectivity index (χ0) is 15.6. The molecule has 0 spiro atoms. The van der Waals surface area contributed by atoms with Crippen molar-refractivity contribution >= 4 is 10.0 Å². The van der Waals surface area contributed by atoms with Crippen LogP contribution in [-0.4, -0.2) is 25.8 Å². The van der Waals surface area contributed by atoms with E-state index >= 15 is 0 Å². The van der Waals surface area contributed by atoms with Gasteiger partial charge in [0.15, 0.2) is 0 Å². The Morgan fingerprint density at radius 2 is 1.86 bits per heavy atom. The summed E-state index contributed by atoms with van der Waals surface area (Å²) in [6, 6.07) is 6.90. The molecule has 21 heavy (non-hydrogen) atoms. The van der Waals surface area contributed by atoms with E-state index in [4.69, 9.17) is 5.26 Å². The molecule has 1 fully saturated rings. The second-order valence-electron chi connectivity index (χ2n) is 6.03. The van der Waals surface area contributed by atoms with Gasteiger partial charge in [0, 0.05) is 13.1 Å². The fourth-order valence-electron chi connectivity index (χ4n) is 2.91. The van der Waals surface area contributed by atoms with E-state index in [1.54, 1.807) is 26.1 Å². The number of aryl methyl sites for hydroxylation is 1. The number of sulfonamides is 1. The average molecular weight is 306 g/mol. The molecule has 0 N–H and O–H groups in total. The van der Waals surface area contributed by atoms with Crippen LogP contribution in [0, 0.1) is 24.2 Å². The first-order chi connectivity index (χ1) is 9.86. The Hall–Kier alpha value is -1.38. The fourth-order valence-corrected chi connectivity index (χ4v) is 4.57. The molecule has 0 unspecified atom stereocenters. The van der Waals surface area contributed by atoms with Gasteiger partial charge in [-0.1, -0.05) is 13.0 Å². The molecule has 1 aliphatic carbocycles. The van der Waals surface area contributed by atoms with Crippen LogP contribution in [0.5, 0.6) is 0 Å². The van der Waals surface area contributed by atoms with Crippen molar-refractivity contribution in [3.8, 4) is 6.07 Å². The van der Waals surface area contributed by atoms with Crippen LogP contribution in [0.4, 0.5) is 0 Å². The summed E-state index contributed by atoms with van der Waals surface area (Å²) < 4.78 is 27.1. The maximum atomic E-state index is 12.8. The van der Waals surface area contributed by atoms with Crippen LogP contribution in [0.15, 0.2) is 23.1 Å². The van der Waals surface area contributed by atoms with E-state index in [1.807, 2.05) is 6.07 Å². The van der Waals surface area contributed by atoms with E-state index in [0.29, 0.717) is 17.0 Å². The van der Waals surface area contributed by atoms with Crippen molar-refractivity contribution in [1.82, 2.24) is 4.31 Å². The second kappa shape index (κ2) is 6.17. The summed E-state index contributed by atoms with van der Waals surface area (Å²) in [5.41, 5.74) is 1.06. The van der Waals surface area contributed by atoms with Crippen molar-refractivity contribution in [2.75, 3.05) is 7.05 Å². The first-order valence-electron chi connectivity index (χ1n) is 7.35. The molecule has 1 aromatic rings. The number of hydrogen-bond donors (Lipinski definition) is 0. The second-order valence-corrected chi connectivity index (χ2v) is 7.99. The molecule has 0 saturated heterocycles. The zero-order valence-electron chi connectivity index (χ0n) is 12.8. The molecule has 0 atom stereocenters. The van der Waals surface area contributed by atoms with Gasteiger partial charge in [0.2, 0.25) is 10.0 Å². The topological polar surface area (TPSA) is 61.2 Å². The standard InChI is InChI=1S/C16H22N2O2S/c1-12-4-8-15(9-5-12)18(3)21(19,20)16-10-14(11-17)7-6-13(16)2/h6-7,10,12,15H,4-5,8-9H2,1-3H3. The lowest BCUT2D eigenvalue weighted by atomic mass is 9.87. The minimum atomic E-state index is -3.54. The summed E-state index contributed by atoms with van der Waals surface area (Å²) in [6.45, 7) is 3.98. The third-order valence-corrected chi connectivity index (χ3v) is 6.53. The summed E-state index contributed by atoms with van der Waals surface area (Å²) >= 11 is 0. The Bertz CT molecular complexity index is 653. The zero-order valence-corrected chi connectivity index (χ0v) is 13.7. The summed E-state index contributed by atoms with van der Waals surface area (Å²) in [6.07, 6.45) is 3.96. The van der Waals surface area contributed by atoms with Crippen LogP contribution in [0.2, 0.25) is 0 Å². The molecule has 1 aliphatic rings. The summed E-state index contributed by atoms with van der Waals surface area (Å²) in [4.78, 5) is 0.252. The minimum absolute atomic E-state index is 0.0661. The third-order valence-electron chi connectivity index (χ3n) is 4.47. The molecule has 2 rings (SSSR count). The first-order valence-corrected chi connectivity index (χ1v) is 8.79. The summed E-state index contributed by atoms with van der Waals surface area (Å²) in [5.74, 6) is 0.681. The molecule has 0 aromatic heterocycles. The number of nitrogens with zero attached hydrogens (tertiary/aromatic N) is 2. The van der Waals surface area contributed by atoms with E-state index in [1.165, 1.54) is 10.4 Å². The Kier molecular flexibility index (Phi) is 4.70. The average Bonchev–Trinajstić information content (AvgIpc) is 2.47. The maximum Gasteiger partial charge on any atom is 0.243 e. The van der Waals surface area contributed by atoms with Gasteiger partial charge in [-0.05, 0) is 56.2 Å². The van der Waals surface area contributed by atoms with Crippen molar-refractivity contribution in [2.45, 2.75) is 50.5 Å². The van der Waals surface area contributed by atoms with Crippen LogP contribution in [-0.2, 0) is 10.0 Å². The van der Waals surface area contributed by atoms with E-state index in [-0.39, 0.29) is 10.9 Å². The molecular formula is C16H22N2O2S. The lowest BCUT2D eigenvalue weighted by Crippen LogP contribution is -2.39. The lowest BCUT2D eigenvalue weighted by molar-refractivity contribution is 0.246. The van der Waals surface area contributed by atoms with Gasteiger partial charge in [0.05, 0.1) is 16.5 Å². The molecule has 5 heteroatoms. The van der Waals surface area contributed by atoms with Crippen LogP contribution in [0.1, 0.15) is 43.7 Å². The van der Waals surface area contributed by atoms with Crippen LogP contribution in [0.25, 0.3) is 0 Å². The van der Waals surface area contributed by atoms with Gasteiger partial charge in [-0.25, -0.2) is 8.42 Å². The number of nitriles is 1. The Balaban J connectivity index is 2.31. The van der Waals surface area contributed by atoms with Gasteiger partial charge in [0.25, 0.3) is 0 Å². The van der Waals surface area contributed by atoms with Gasteiger partial charge >= 0.3 is 0 Å². The highest BCUT2D eigenvalue weighted by atomic mass is 32.2. The van der Waals surface area contributed by atoms with Gasteiger partial charge in [-0.2, -0.15) is 9.57 Å². The molecule has 0 bridgehead atoms. The van der Waals surface area contributed by atoms with Crippen LogP contribution >= 0.6 is 0 Å². The van der Waals surface area contributed by atoms with E-state index in [9.17, 15) is 8.42 Å². The SMILES string of the molecule is Cc1ccc(C#N)cc1S(=O)(=O)N(C)C1CCC(C)CC1. The van der Waals surface area contributed by atoms with Crippen LogP contribution < -0.4 is 0 Å². The molecular weight excluding hydrogens is 284 g/mol. The van der Waals surface area contributed by atoms with Crippen molar-refractivity contribution in [1.29, 1.82) is 5.26 Å². The van der Waals surface area contributed by atoms with Gasteiger partial charge < -0.3 is 0 Å². The molecule has 4 nitrogen and oxygen atoms in total. The van der Waals surface area contributed by atoms with Gasteiger partial charge in [-0.3, -0.25) is 0 Å². The molecule has 0 amide bonds. The number of benzene rings is 1. The van der Waals surface area contributed by atoms with Crippen molar-refractivity contribution in [2.24, 2.45) is 5.92 Å². The molecule has 1 aromatic carbocycles. The predicted molar refractivity (Wildman–Crippen MR) is 82.3 cm³/mol. The summed E-state index contributed by atoms with van der Waals surface area (Å²) in [5, 5.41) is 8.98. The largest absolute Gasteiger partial charge is 0.243 e. The molecule has 1 saturated carbocycles. The van der Waals surface area contributed by atoms with Crippen LogP contribution in [0.3, 0.4) is 0 Å². The molecule has 0 radical (unpaired) electrons. The third kappa shape index (κ3) is 3.28.